The fourth-order valence-electron chi connectivity index (χ4n) is 5.17. The molecule has 1 N–H and O–H groups in total. The van der Waals surface area contributed by atoms with Crippen LogP contribution in [0.15, 0.2) is 60.7 Å². The average molecular weight is 408 g/mol. The first-order valence-electron chi connectivity index (χ1n) is 11.7. The molecule has 0 spiro atoms. The zero-order valence-electron chi connectivity index (χ0n) is 18.2. The third-order valence-electron chi connectivity index (χ3n) is 6.95. The van der Waals surface area contributed by atoms with Gasteiger partial charge in [0.25, 0.3) is 0 Å². The molecule has 2 saturated heterocycles. The number of hydrogen-bond acceptors (Lipinski definition) is 4. The number of piperazine rings is 1. The van der Waals surface area contributed by atoms with Crippen LogP contribution in [0.4, 0.5) is 0 Å². The molecule has 0 saturated carbocycles. The number of hydrogen-bond donors (Lipinski definition) is 1. The fraction of sp³-hybridized carbons (Fsp3) is 0.538. The maximum absolute atomic E-state index is 9.64. The predicted octanol–water partition coefficient (Wildman–Crippen LogP) is 3.26. The highest BCUT2D eigenvalue weighted by molar-refractivity contribution is 5.15. The molecular weight excluding hydrogens is 370 g/mol. The molecule has 2 heterocycles. The topological polar surface area (TPSA) is 30.0 Å². The van der Waals surface area contributed by atoms with Crippen molar-refractivity contribution >= 4 is 0 Å². The Hall–Kier alpha value is -1.72. The maximum Gasteiger partial charge on any atom is 0.0446 e. The van der Waals surface area contributed by atoms with E-state index in [1.165, 1.54) is 43.6 Å². The lowest BCUT2D eigenvalue weighted by molar-refractivity contribution is 0.0165. The Kier molecular flexibility index (Phi) is 7.93. The summed E-state index contributed by atoms with van der Waals surface area (Å²) < 4.78 is 0. The lowest BCUT2D eigenvalue weighted by atomic mass is 9.99. The first kappa shape index (κ1) is 21.5. The van der Waals surface area contributed by atoms with Crippen molar-refractivity contribution in [2.45, 2.75) is 44.3 Å². The standard InChI is InChI=1S/C26H37N3O/c30-20-14-26-22-29(19-18-28(26)17-11-23-7-3-1-4-8-23)25-12-15-27(16-13-25)21-24-9-5-2-6-10-24/h1-10,25-26,30H,11-22H2. The van der Waals surface area contributed by atoms with E-state index in [0.29, 0.717) is 12.1 Å². The van der Waals surface area contributed by atoms with Gasteiger partial charge >= 0.3 is 0 Å². The molecule has 2 aliphatic heterocycles. The van der Waals surface area contributed by atoms with Crippen molar-refractivity contribution in [3.8, 4) is 0 Å². The van der Waals surface area contributed by atoms with E-state index in [1.807, 2.05) is 0 Å². The maximum atomic E-state index is 9.64. The van der Waals surface area contributed by atoms with Gasteiger partial charge in [0, 0.05) is 51.4 Å². The number of likely N-dealkylation sites (tertiary alicyclic amines) is 1. The molecule has 0 amide bonds. The number of aliphatic hydroxyl groups is 1. The number of piperidine rings is 1. The summed E-state index contributed by atoms with van der Waals surface area (Å²) in [6.07, 6.45) is 4.52. The van der Waals surface area contributed by atoms with Crippen LogP contribution in [0.25, 0.3) is 0 Å². The predicted molar refractivity (Wildman–Crippen MR) is 124 cm³/mol. The Morgan fingerprint density at radius 3 is 2.13 bits per heavy atom. The molecular formula is C26H37N3O. The minimum Gasteiger partial charge on any atom is -0.396 e. The van der Waals surface area contributed by atoms with E-state index in [-0.39, 0.29) is 6.61 Å². The van der Waals surface area contributed by atoms with Crippen molar-refractivity contribution in [3.63, 3.8) is 0 Å². The molecule has 0 aromatic heterocycles. The van der Waals surface area contributed by atoms with E-state index in [1.54, 1.807) is 0 Å². The Bertz CT molecular complexity index is 730. The van der Waals surface area contributed by atoms with E-state index in [2.05, 4.69) is 75.4 Å². The van der Waals surface area contributed by atoms with Crippen LogP contribution in [0.5, 0.6) is 0 Å². The van der Waals surface area contributed by atoms with Crippen molar-refractivity contribution in [2.75, 3.05) is 45.9 Å². The fourth-order valence-corrected chi connectivity index (χ4v) is 5.17. The van der Waals surface area contributed by atoms with Crippen molar-refractivity contribution < 1.29 is 5.11 Å². The minimum absolute atomic E-state index is 0.288. The van der Waals surface area contributed by atoms with Gasteiger partial charge in [-0.15, -0.1) is 0 Å². The Labute approximate surface area is 182 Å². The van der Waals surface area contributed by atoms with Gasteiger partial charge in [0.2, 0.25) is 0 Å². The van der Waals surface area contributed by atoms with Crippen LogP contribution in [-0.4, -0.2) is 77.8 Å². The van der Waals surface area contributed by atoms with Gasteiger partial charge in [-0.1, -0.05) is 60.7 Å². The summed E-state index contributed by atoms with van der Waals surface area (Å²) in [5.74, 6) is 0. The molecule has 1 atom stereocenters. The van der Waals surface area contributed by atoms with Gasteiger partial charge in [-0.25, -0.2) is 0 Å². The Morgan fingerprint density at radius 2 is 1.47 bits per heavy atom. The molecule has 4 nitrogen and oxygen atoms in total. The number of aliphatic hydroxyl groups excluding tert-OH is 1. The van der Waals surface area contributed by atoms with Crippen molar-refractivity contribution in [1.82, 2.24) is 14.7 Å². The van der Waals surface area contributed by atoms with Gasteiger partial charge in [0.05, 0.1) is 0 Å². The molecule has 2 fully saturated rings. The lowest BCUT2D eigenvalue weighted by Gasteiger charge is -2.46. The van der Waals surface area contributed by atoms with Crippen LogP contribution >= 0.6 is 0 Å². The zero-order valence-corrected chi connectivity index (χ0v) is 18.2. The van der Waals surface area contributed by atoms with Crippen LogP contribution < -0.4 is 0 Å². The molecule has 2 aromatic rings. The third-order valence-corrected chi connectivity index (χ3v) is 6.95. The van der Waals surface area contributed by atoms with Crippen LogP contribution in [0.1, 0.15) is 30.4 Å². The first-order valence-corrected chi connectivity index (χ1v) is 11.7. The summed E-state index contributed by atoms with van der Waals surface area (Å²) >= 11 is 0. The summed E-state index contributed by atoms with van der Waals surface area (Å²) in [5.41, 5.74) is 2.83. The van der Waals surface area contributed by atoms with Gasteiger partial charge < -0.3 is 5.11 Å². The number of benzene rings is 2. The summed E-state index contributed by atoms with van der Waals surface area (Å²) in [7, 11) is 0. The van der Waals surface area contributed by atoms with Crippen LogP contribution in [0.2, 0.25) is 0 Å². The average Bonchev–Trinajstić information content (AvgIpc) is 2.80. The summed E-state index contributed by atoms with van der Waals surface area (Å²) in [6.45, 7) is 8.25. The van der Waals surface area contributed by atoms with Gasteiger partial charge in [-0.05, 0) is 49.9 Å². The van der Waals surface area contributed by atoms with E-state index in [9.17, 15) is 5.11 Å². The zero-order chi connectivity index (χ0) is 20.6. The van der Waals surface area contributed by atoms with Crippen LogP contribution in [0.3, 0.4) is 0 Å². The van der Waals surface area contributed by atoms with E-state index in [4.69, 9.17) is 0 Å². The summed E-state index contributed by atoms with van der Waals surface area (Å²) in [6, 6.07) is 22.8. The summed E-state index contributed by atoms with van der Waals surface area (Å²) in [4.78, 5) is 7.94. The largest absolute Gasteiger partial charge is 0.396 e. The van der Waals surface area contributed by atoms with Crippen LogP contribution in [0, 0.1) is 0 Å². The molecule has 162 valence electrons. The van der Waals surface area contributed by atoms with Gasteiger partial charge in [0.1, 0.15) is 0 Å². The third kappa shape index (κ3) is 5.92. The Morgan fingerprint density at radius 1 is 0.800 bits per heavy atom. The molecule has 4 rings (SSSR count). The van der Waals surface area contributed by atoms with Crippen molar-refractivity contribution in [1.29, 1.82) is 0 Å². The minimum atomic E-state index is 0.288. The molecule has 1 unspecified atom stereocenters. The molecule has 0 aliphatic carbocycles. The Balaban J connectivity index is 1.25. The highest BCUT2D eigenvalue weighted by atomic mass is 16.3. The van der Waals surface area contributed by atoms with E-state index in [0.717, 1.165) is 39.0 Å². The quantitative estimate of drug-likeness (QED) is 0.728. The molecule has 2 aliphatic rings. The number of rotatable bonds is 8. The van der Waals surface area contributed by atoms with Gasteiger partial charge in [0.15, 0.2) is 0 Å². The molecule has 4 heteroatoms. The number of nitrogens with zero attached hydrogens (tertiary/aromatic N) is 3. The van der Waals surface area contributed by atoms with Crippen molar-refractivity contribution in [2.24, 2.45) is 0 Å². The molecule has 0 bridgehead atoms. The second kappa shape index (κ2) is 11.1. The molecule has 2 aromatic carbocycles. The smallest absolute Gasteiger partial charge is 0.0446 e. The van der Waals surface area contributed by atoms with E-state index < -0.39 is 0 Å². The summed E-state index contributed by atoms with van der Waals surface area (Å²) in [5, 5.41) is 9.64. The monoisotopic (exact) mass is 407 g/mol. The van der Waals surface area contributed by atoms with Gasteiger partial charge in [-0.3, -0.25) is 14.7 Å². The van der Waals surface area contributed by atoms with E-state index >= 15 is 0 Å². The first-order chi connectivity index (χ1) is 14.8. The normalized spacial score (nSPS) is 22.4. The second-order valence-corrected chi connectivity index (χ2v) is 8.93. The second-order valence-electron chi connectivity index (χ2n) is 8.93. The molecule has 30 heavy (non-hydrogen) atoms. The van der Waals surface area contributed by atoms with Crippen LogP contribution in [-0.2, 0) is 13.0 Å². The van der Waals surface area contributed by atoms with Crippen molar-refractivity contribution in [3.05, 3.63) is 71.8 Å². The van der Waals surface area contributed by atoms with Gasteiger partial charge in [-0.2, -0.15) is 0 Å². The lowest BCUT2D eigenvalue weighted by Crippen LogP contribution is -2.58. The SMILES string of the molecule is OCCC1CN(C2CCN(Cc3ccccc3)CC2)CCN1CCc1ccccc1. The highest BCUT2D eigenvalue weighted by Crippen LogP contribution is 2.23. The molecule has 0 radical (unpaired) electrons. The highest BCUT2D eigenvalue weighted by Gasteiger charge is 2.32.